The van der Waals surface area contributed by atoms with Gasteiger partial charge in [0.2, 0.25) is 0 Å². The molecule has 2 atom stereocenters. The van der Waals surface area contributed by atoms with Gasteiger partial charge in [0.05, 0.1) is 32.2 Å². The van der Waals surface area contributed by atoms with E-state index in [0.29, 0.717) is 17.0 Å². The summed E-state index contributed by atoms with van der Waals surface area (Å²) in [5, 5.41) is 0.992. The van der Waals surface area contributed by atoms with E-state index in [0.717, 1.165) is 26.1 Å². The lowest BCUT2D eigenvalue weighted by molar-refractivity contribution is -0.140. The number of hydrogen-bond donors (Lipinski definition) is 1. The molecule has 1 amide bonds. The van der Waals surface area contributed by atoms with Crippen molar-refractivity contribution in [3.63, 3.8) is 0 Å². The molecule has 0 saturated heterocycles. The van der Waals surface area contributed by atoms with E-state index in [2.05, 4.69) is 0 Å². The normalized spacial score (nSPS) is 14.5. The molecule has 226 valence electrons. The number of carbonyl (C=O) groups is 1. The Labute approximate surface area is 247 Å². The number of nitrogens with zero attached hydrogens (tertiary/aromatic N) is 1. The van der Waals surface area contributed by atoms with Crippen LogP contribution in [0.4, 0.5) is 43.9 Å². The van der Waals surface area contributed by atoms with Crippen molar-refractivity contribution in [3.05, 3.63) is 73.7 Å². The van der Waals surface area contributed by atoms with Crippen molar-refractivity contribution in [1.29, 1.82) is 0 Å². The van der Waals surface area contributed by atoms with Crippen molar-refractivity contribution < 1.29 is 48.7 Å². The van der Waals surface area contributed by atoms with Gasteiger partial charge >= 0.3 is 18.5 Å². The molecular formula is C24H17Cl3F10N2OS. The number of carbonyl (C=O) groups excluding carboxylic acids is 1. The number of amides is 1. The number of alkyl halides is 9. The van der Waals surface area contributed by atoms with Gasteiger partial charge < -0.3 is 10.2 Å². The van der Waals surface area contributed by atoms with Crippen molar-refractivity contribution in [2.75, 3.05) is 13.6 Å². The average molecular weight is 678 g/mol. The zero-order chi connectivity index (χ0) is 31.7. The van der Waals surface area contributed by atoms with Crippen LogP contribution in [-0.2, 0) is 6.18 Å². The van der Waals surface area contributed by atoms with Crippen molar-refractivity contribution in [2.24, 2.45) is 0 Å². The van der Waals surface area contributed by atoms with E-state index in [4.69, 9.17) is 47.0 Å². The van der Waals surface area contributed by atoms with Crippen molar-refractivity contribution >= 4 is 63.7 Å². The number of likely N-dealkylation sites (N-methyl/N-ethyl adjacent to an activating group) is 1. The molecule has 41 heavy (non-hydrogen) atoms. The third kappa shape index (κ3) is 9.35. The molecule has 0 aliphatic carbocycles. The Morgan fingerprint density at radius 3 is 2.00 bits per heavy atom. The van der Waals surface area contributed by atoms with Crippen LogP contribution in [0.5, 0.6) is 0 Å². The third-order valence-corrected chi connectivity index (χ3v) is 7.25. The van der Waals surface area contributed by atoms with E-state index >= 15 is 4.39 Å². The summed E-state index contributed by atoms with van der Waals surface area (Å²) in [6.45, 7) is -0.364. The smallest absolute Gasteiger partial charge is 0.359 e. The SMILES string of the molecule is C[C@@H](NC(=O)c1ccc(/C(F)=C/C(c2cc(Cl)c(Cl)c(Cl)c2)C(F)(F)F)cc1C(F)(F)F)C(=S)N(C)CC(F)(F)F. The lowest BCUT2D eigenvalue weighted by Crippen LogP contribution is -2.47. The standard InChI is InChI=1S/C24H17Cl3F10N2OS/c1-10(21(41)39(2)9-22(29,30)31)38-20(40)13-4-3-11(5-15(13)24(35,36)37)18(28)8-14(23(32,33)34)12-6-16(25)19(27)17(26)7-12/h3-8,10,14H,9H2,1-2H3,(H,38,40)/b18-8-/t10-,14?/m1/s1. The van der Waals surface area contributed by atoms with Crippen LogP contribution < -0.4 is 5.32 Å². The van der Waals surface area contributed by atoms with Gasteiger partial charge in [-0.05, 0) is 42.8 Å². The maximum absolute atomic E-state index is 15.0. The number of rotatable bonds is 7. The highest BCUT2D eigenvalue weighted by molar-refractivity contribution is 7.80. The topological polar surface area (TPSA) is 32.3 Å². The molecular weight excluding hydrogens is 661 g/mol. The first-order chi connectivity index (χ1) is 18.5. The van der Waals surface area contributed by atoms with E-state index in [-0.39, 0.29) is 27.2 Å². The molecule has 3 nitrogen and oxygen atoms in total. The van der Waals surface area contributed by atoms with Gasteiger partial charge in [-0.3, -0.25) is 4.79 Å². The lowest BCUT2D eigenvalue weighted by Gasteiger charge is -2.26. The highest BCUT2D eigenvalue weighted by Crippen LogP contribution is 2.43. The Balaban J connectivity index is 2.47. The largest absolute Gasteiger partial charge is 0.417 e. The fraction of sp³-hybridized carbons (Fsp3) is 0.333. The summed E-state index contributed by atoms with van der Waals surface area (Å²) in [6.07, 6.45) is -15.1. The van der Waals surface area contributed by atoms with Crippen molar-refractivity contribution in [3.8, 4) is 0 Å². The fourth-order valence-electron chi connectivity index (χ4n) is 3.52. The first kappa shape index (κ1) is 34.9. The van der Waals surface area contributed by atoms with Gasteiger partial charge in [0, 0.05) is 12.6 Å². The van der Waals surface area contributed by atoms with E-state index in [1.165, 1.54) is 0 Å². The predicted molar refractivity (Wildman–Crippen MR) is 139 cm³/mol. The minimum atomic E-state index is -5.29. The van der Waals surface area contributed by atoms with Crippen LogP contribution in [0.2, 0.25) is 15.1 Å². The van der Waals surface area contributed by atoms with Crippen LogP contribution in [0.15, 0.2) is 36.4 Å². The zero-order valence-corrected chi connectivity index (χ0v) is 23.6. The van der Waals surface area contributed by atoms with Gasteiger partial charge in [-0.25, -0.2) is 4.39 Å². The van der Waals surface area contributed by atoms with Crippen LogP contribution in [-0.4, -0.2) is 47.8 Å². The number of nitrogens with one attached hydrogen (secondary N) is 1. The molecule has 0 aliphatic heterocycles. The second kappa shape index (κ2) is 12.9. The summed E-state index contributed by atoms with van der Waals surface area (Å²) >= 11 is 22.1. The molecule has 2 aromatic carbocycles. The summed E-state index contributed by atoms with van der Waals surface area (Å²) in [4.78, 5) is 12.7. The Morgan fingerprint density at radius 2 is 1.54 bits per heavy atom. The lowest BCUT2D eigenvalue weighted by atomic mass is 9.95. The van der Waals surface area contributed by atoms with E-state index in [1.807, 2.05) is 5.32 Å². The quantitative estimate of drug-likeness (QED) is 0.180. The molecule has 1 unspecified atom stereocenters. The highest BCUT2D eigenvalue weighted by atomic mass is 35.5. The molecule has 0 bridgehead atoms. The molecule has 1 N–H and O–H groups in total. The van der Waals surface area contributed by atoms with Crippen molar-refractivity contribution in [2.45, 2.75) is 37.4 Å². The van der Waals surface area contributed by atoms with E-state index in [9.17, 15) is 44.3 Å². The van der Waals surface area contributed by atoms with Gasteiger partial charge in [-0.2, -0.15) is 39.5 Å². The maximum Gasteiger partial charge on any atom is 0.417 e. The van der Waals surface area contributed by atoms with Gasteiger partial charge in [-0.15, -0.1) is 0 Å². The van der Waals surface area contributed by atoms with Gasteiger partial charge in [0.25, 0.3) is 5.91 Å². The number of allylic oxidation sites excluding steroid dienone is 1. The highest BCUT2D eigenvalue weighted by Gasteiger charge is 2.41. The van der Waals surface area contributed by atoms with Crippen LogP contribution in [0.25, 0.3) is 5.83 Å². The molecule has 0 saturated carbocycles. The molecule has 0 aliphatic rings. The third-order valence-electron chi connectivity index (χ3n) is 5.39. The molecule has 0 fully saturated rings. The fourth-order valence-corrected chi connectivity index (χ4v) is 4.25. The Morgan fingerprint density at radius 1 is 1.00 bits per heavy atom. The summed E-state index contributed by atoms with van der Waals surface area (Å²) < 4.78 is 136. The molecule has 0 aromatic heterocycles. The number of benzene rings is 2. The molecule has 2 rings (SSSR count). The van der Waals surface area contributed by atoms with E-state index in [1.54, 1.807) is 0 Å². The van der Waals surface area contributed by atoms with Crippen molar-refractivity contribution in [1.82, 2.24) is 10.2 Å². The Bertz CT molecular complexity index is 1320. The molecule has 2 aromatic rings. The second-order valence-electron chi connectivity index (χ2n) is 8.60. The molecule has 0 radical (unpaired) electrons. The second-order valence-corrected chi connectivity index (χ2v) is 10.2. The molecule has 0 heterocycles. The Hall–Kier alpha value is -2.29. The minimum absolute atomic E-state index is 0.00211. The summed E-state index contributed by atoms with van der Waals surface area (Å²) in [7, 11) is 0.962. The predicted octanol–water partition coefficient (Wildman–Crippen LogP) is 9.26. The molecule has 0 spiro atoms. The maximum atomic E-state index is 15.0. The number of thiocarbonyl (C=S) groups is 1. The van der Waals surface area contributed by atoms with E-state index < -0.39 is 76.0 Å². The van der Waals surface area contributed by atoms with Gasteiger partial charge in [0.1, 0.15) is 23.3 Å². The first-order valence-electron chi connectivity index (χ1n) is 11.0. The minimum Gasteiger partial charge on any atom is -0.359 e. The number of halogens is 13. The van der Waals surface area contributed by atoms with Gasteiger partial charge in [0.15, 0.2) is 0 Å². The number of hydrogen-bond acceptors (Lipinski definition) is 2. The Kier molecular flexibility index (Phi) is 11.0. The van der Waals surface area contributed by atoms with Crippen LogP contribution in [0.3, 0.4) is 0 Å². The molecule has 17 heteroatoms. The summed E-state index contributed by atoms with van der Waals surface area (Å²) in [6, 6.07) is 1.45. The first-order valence-corrected chi connectivity index (χ1v) is 12.5. The summed E-state index contributed by atoms with van der Waals surface area (Å²) in [5.41, 5.74) is -4.41. The van der Waals surface area contributed by atoms with Gasteiger partial charge in [-0.1, -0.05) is 53.1 Å². The van der Waals surface area contributed by atoms with Crippen LogP contribution in [0.1, 0.15) is 39.9 Å². The monoisotopic (exact) mass is 676 g/mol. The van der Waals surface area contributed by atoms with Crippen LogP contribution >= 0.6 is 47.0 Å². The average Bonchev–Trinajstić information content (AvgIpc) is 2.82. The zero-order valence-electron chi connectivity index (χ0n) is 20.5. The summed E-state index contributed by atoms with van der Waals surface area (Å²) in [5.74, 6) is -5.86. The van der Waals surface area contributed by atoms with Crippen LogP contribution in [0, 0.1) is 0 Å².